The minimum absolute atomic E-state index is 0.0559. The average Bonchev–Trinajstić information content (AvgIpc) is 2.66. The number of piperidine rings is 1. The van der Waals surface area contributed by atoms with Crippen molar-refractivity contribution in [2.75, 3.05) is 18.0 Å². The maximum atomic E-state index is 12.5. The van der Waals surface area contributed by atoms with Gasteiger partial charge in [0.2, 0.25) is 5.91 Å². The molecular formula is C20H27ClN2O. The molecule has 0 unspecified atom stereocenters. The van der Waals surface area contributed by atoms with Crippen molar-refractivity contribution in [2.24, 2.45) is 0 Å². The number of likely N-dealkylation sites (tertiary alicyclic amines) is 1. The second-order valence-electron chi connectivity index (χ2n) is 7.49. The number of hydrogen-bond acceptors (Lipinski definition) is 2. The Morgan fingerprint density at radius 2 is 1.58 bits per heavy atom. The monoisotopic (exact) mass is 346 g/mol. The van der Waals surface area contributed by atoms with E-state index in [1.54, 1.807) is 0 Å². The Hall–Kier alpha value is -1.22. The fraction of sp³-hybridized carbons (Fsp3) is 0.650. The van der Waals surface area contributed by atoms with Gasteiger partial charge in [0.15, 0.2) is 0 Å². The van der Waals surface area contributed by atoms with Gasteiger partial charge in [-0.3, -0.25) is 4.79 Å². The number of benzene rings is 1. The molecule has 1 aliphatic carbocycles. The van der Waals surface area contributed by atoms with Crippen LogP contribution in [0.2, 0.25) is 0 Å². The summed E-state index contributed by atoms with van der Waals surface area (Å²) in [5.74, 6) is 0.141. The van der Waals surface area contributed by atoms with Crippen molar-refractivity contribution in [3.63, 3.8) is 0 Å². The van der Waals surface area contributed by atoms with Crippen molar-refractivity contribution in [1.29, 1.82) is 0 Å². The van der Waals surface area contributed by atoms with Crippen LogP contribution in [0.5, 0.6) is 0 Å². The highest BCUT2D eigenvalue weighted by atomic mass is 35.5. The lowest BCUT2D eigenvalue weighted by Crippen LogP contribution is -2.60. The van der Waals surface area contributed by atoms with Gasteiger partial charge in [-0.05, 0) is 38.2 Å². The van der Waals surface area contributed by atoms with Gasteiger partial charge in [-0.25, -0.2) is 0 Å². The van der Waals surface area contributed by atoms with Crippen LogP contribution >= 0.6 is 11.6 Å². The molecule has 2 saturated heterocycles. The molecular weight excluding hydrogens is 320 g/mol. The number of carbonyl (C=O) groups is 1. The minimum Gasteiger partial charge on any atom is -0.371 e. The van der Waals surface area contributed by atoms with Gasteiger partial charge in [-0.2, -0.15) is 0 Å². The summed E-state index contributed by atoms with van der Waals surface area (Å²) in [6.07, 6.45) is 9.90. The van der Waals surface area contributed by atoms with Gasteiger partial charge in [-0.15, -0.1) is 11.6 Å². The third-order valence-corrected chi connectivity index (χ3v) is 6.41. The lowest BCUT2D eigenvalue weighted by Gasteiger charge is -2.51. The van der Waals surface area contributed by atoms with Crippen LogP contribution in [0.25, 0.3) is 0 Å². The van der Waals surface area contributed by atoms with Gasteiger partial charge in [-0.1, -0.05) is 37.5 Å². The zero-order valence-electron chi connectivity index (χ0n) is 14.3. The Bertz CT molecular complexity index is 593. The molecule has 0 bridgehead atoms. The van der Waals surface area contributed by atoms with E-state index in [0.29, 0.717) is 6.04 Å². The largest absolute Gasteiger partial charge is 0.371 e. The first-order valence-corrected chi connectivity index (χ1v) is 10.0. The molecule has 1 aromatic rings. The summed E-state index contributed by atoms with van der Waals surface area (Å²) >= 11 is 6.52. The molecule has 2 atom stereocenters. The van der Waals surface area contributed by atoms with Gasteiger partial charge < -0.3 is 9.80 Å². The molecule has 4 heteroatoms. The standard InChI is InChI=1S/C20H27ClN2O/c21-18-19(23(20(18)24)15-9-3-1-4-10-15)16-11-5-6-12-17(16)22-13-7-2-8-14-22/h5-6,11-12,15,18-19H,1-4,7-10,13-14H2/t18-,19-/m1/s1. The Kier molecular flexibility index (Phi) is 4.71. The van der Waals surface area contributed by atoms with E-state index in [4.69, 9.17) is 11.6 Å². The van der Waals surface area contributed by atoms with Crippen LogP contribution in [-0.4, -0.2) is 35.3 Å². The summed E-state index contributed by atoms with van der Waals surface area (Å²) in [6, 6.07) is 9.05. The van der Waals surface area contributed by atoms with Gasteiger partial charge in [0.25, 0.3) is 0 Å². The summed E-state index contributed by atoms with van der Waals surface area (Å²) in [5, 5.41) is -0.391. The summed E-state index contributed by atoms with van der Waals surface area (Å²) in [7, 11) is 0. The number of β-lactam (4-membered cyclic amide) rings is 1. The molecule has 0 radical (unpaired) electrons. The van der Waals surface area contributed by atoms with Crippen molar-refractivity contribution < 1.29 is 4.79 Å². The molecule has 4 rings (SSSR count). The van der Waals surface area contributed by atoms with E-state index in [9.17, 15) is 4.79 Å². The average molecular weight is 347 g/mol. The molecule has 0 aromatic heterocycles. The fourth-order valence-electron chi connectivity index (χ4n) is 4.71. The summed E-state index contributed by atoms with van der Waals surface area (Å²) in [4.78, 5) is 17.1. The van der Waals surface area contributed by atoms with Gasteiger partial charge in [0.1, 0.15) is 5.38 Å². The highest BCUT2D eigenvalue weighted by Gasteiger charge is 2.50. The van der Waals surface area contributed by atoms with Crippen LogP contribution in [-0.2, 0) is 4.79 Å². The smallest absolute Gasteiger partial charge is 0.243 e. The predicted octanol–water partition coefficient (Wildman–Crippen LogP) is 4.50. The third-order valence-electron chi connectivity index (χ3n) is 5.99. The van der Waals surface area contributed by atoms with E-state index in [2.05, 4.69) is 34.1 Å². The topological polar surface area (TPSA) is 23.6 Å². The second-order valence-corrected chi connectivity index (χ2v) is 7.96. The maximum Gasteiger partial charge on any atom is 0.243 e. The second kappa shape index (κ2) is 6.95. The highest BCUT2D eigenvalue weighted by molar-refractivity contribution is 6.33. The number of nitrogens with zero attached hydrogens (tertiary/aromatic N) is 2. The number of para-hydroxylation sites is 1. The van der Waals surface area contributed by atoms with Crippen LogP contribution < -0.4 is 4.90 Å². The molecule has 3 nitrogen and oxygen atoms in total. The predicted molar refractivity (Wildman–Crippen MR) is 98.6 cm³/mol. The zero-order chi connectivity index (χ0) is 16.5. The molecule has 3 aliphatic rings. The molecule has 0 spiro atoms. The number of amides is 1. The van der Waals surface area contributed by atoms with E-state index in [1.807, 2.05) is 0 Å². The quantitative estimate of drug-likeness (QED) is 0.594. The summed E-state index contributed by atoms with van der Waals surface area (Å²) < 4.78 is 0. The molecule has 1 aromatic carbocycles. The number of rotatable bonds is 3. The van der Waals surface area contributed by atoms with E-state index < -0.39 is 5.38 Å². The molecule has 2 heterocycles. The molecule has 2 aliphatic heterocycles. The van der Waals surface area contributed by atoms with Crippen LogP contribution in [0.15, 0.2) is 24.3 Å². The molecule has 0 N–H and O–H groups in total. The molecule has 1 amide bonds. The maximum absolute atomic E-state index is 12.5. The normalized spacial score (nSPS) is 28.8. The molecule has 3 fully saturated rings. The lowest BCUT2D eigenvalue weighted by atomic mass is 9.85. The SMILES string of the molecule is O=C1[C@H](Cl)[C@@H](c2ccccc2N2CCCCC2)N1C1CCCCC1. The van der Waals surface area contributed by atoms with Gasteiger partial charge in [0, 0.05) is 30.4 Å². The molecule has 24 heavy (non-hydrogen) atoms. The number of halogens is 1. The molecule has 130 valence electrons. The van der Waals surface area contributed by atoms with Crippen LogP contribution in [0.3, 0.4) is 0 Å². The Labute approximate surface area is 150 Å². The fourth-order valence-corrected chi connectivity index (χ4v) is 5.08. The van der Waals surface area contributed by atoms with Crippen molar-refractivity contribution in [3.05, 3.63) is 29.8 Å². The summed E-state index contributed by atoms with van der Waals surface area (Å²) in [5.41, 5.74) is 2.55. The van der Waals surface area contributed by atoms with Crippen molar-refractivity contribution in [1.82, 2.24) is 4.90 Å². The minimum atomic E-state index is -0.391. The van der Waals surface area contributed by atoms with Crippen molar-refractivity contribution in [2.45, 2.75) is 68.8 Å². The number of alkyl halides is 1. The molecule has 1 saturated carbocycles. The number of hydrogen-bond donors (Lipinski definition) is 0. The van der Waals surface area contributed by atoms with Gasteiger partial charge >= 0.3 is 0 Å². The van der Waals surface area contributed by atoms with Crippen LogP contribution in [0, 0.1) is 0 Å². The van der Waals surface area contributed by atoms with E-state index in [-0.39, 0.29) is 11.9 Å². The van der Waals surface area contributed by atoms with Crippen LogP contribution in [0.4, 0.5) is 5.69 Å². The Morgan fingerprint density at radius 3 is 2.33 bits per heavy atom. The van der Waals surface area contributed by atoms with E-state index in [1.165, 1.54) is 49.8 Å². The van der Waals surface area contributed by atoms with E-state index >= 15 is 0 Å². The highest BCUT2D eigenvalue weighted by Crippen LogP contribution is 2.46. The van der Waals surface area contributed by atoms with Crippen molar-refractivity contribution in [3.8, 4) is 0 Å². The zero-order valence-corrected chi connectivity index (χ0v) is 15.0. The third kappa shape index (κ3) is 2.81. The van der Waals surface area contributed by atoms with Crippen LogP contribution in [0.1, 0.15) is 63.0 Å². The Morgan fingerprint density at radius 1 is 0.917 bits per heavy atom. The summed E-state index contributed by atoms with van der Waals surface area (Å²) in [6.45, 7) is 2.24. The first-order chi connectivity index (χ1) is 11.8. The van der Waals surface area contributed by atoms with Crippen molar-refractivity contribution >= 4 is 23.2 Å². The lowest BCUT2D eigenvalue weighted by molar-refractivity contribution is -0.150. The number of carbonyl (C=O) groups excluding carboxylic acids is 1. The number of anilines is 1. The van der Waals surface area contributed by atoms with Gasteiger partial charge in [0.05, 0.1) is 6.04 Å². The van der Waals surface area contributed by atoms with E-state index in [0.717, 1.165) is 25.9 Å². The first-order valence-electron chi connectivity index (χ1n) is 9.57. The first kappa shape index (κ1) is 16.3. The Balaban J connectivity index is 1.63.